The van der Waals surface area contributed by atoms with Gasteiger partial charge in [0, 0.05) is 31.0 Å². The van der Waals surface area contributed by atoms with E-state index in [1.54, 1.807) is 24.3 Å². The summed E-state index contributed by atoms with van der Waals surface area (Å²) in [7, 11) is 0. The molecule has 2 atom stereocenters. The van der Waals surface area contributed by atoms with Crippen molar-refractivity contribution in [2.75, 3.05) is 19.7 Å². The second kappa shape index (κ2) is 11.2. The standard InChI is InChI=1S/C30H28N2O6/c1-20-27(31-28(37-20)21-9-4-2-5-10-21)15-16-36-24-14-8-11-22(17-24)25-18-32(19-26(25)29(33)34)30(35)38-23-12-6-3-7-13-23/h2-14,17,25-26H,15-16,18-19H2,1H3,(H,33,34)/t25-,26-/m0/s1. The lowest BCUT2D eigenvalue weighted by Crippen LogP contribution is -2.32. The van der Waals surface area contributed by atoms with Gasteiger partial charge in [-0.3, -0.25) is 4.79 Å². The van der Waals surface area contributed by atoms with Crippen LogP contribution in [-0.2, 0) is 11.2 Å². The second-order valence-electron chi connectivity index (χ2n) is 9.20. The fraction of sp³-hybridized carbons (Fsp3) is 0.233. The van der Waals surface area contributed by atoms with Gasteiger partial charge >= 0.3 is 12.1 Å². The van der Waals surface area contributed by atoms with E-state index in [0.29, 0.717) is 30.4 Å². The third kappa shape index (κ3) is 5.70. The molecule has 0 unspecified atom stereocenters. The lowest BCUT2D eigenvalue weighted by atomic mass is 9.89. The van der Waals surface area contributed by atoms with Crippen molar-refractivity contribution < 1.29 is 28.6 Å². The van der Waals surface area contributed by atoms with E-state index in [2.05, 4.69) is 4.98 Å². The summed E-state index contributed by atoms with van der Waals surface area (Å²) < 4.78 is 17.2. The molecule has 0 radical (unpaired) electrons. The molecule has 8 nitrogen and oxygen atoms in total. The van der Waals surface area contributed by atoms with Gasteiger partial charge in [0.05, 0.1) is 18.2 Å². The van der Waals surface area contributed by atoms with Crippen LogP contribution in [0.15, 0.2) is 89.3 Å². The van der Waals surface area contributed by atoms with Gasteiger partial charge in [0.15, 0.2) is 0 Å². The Morgan fingerprint density at radius 3 is 2.42 bits per heavy atom. The maximum Gasteiger partial charge on any atom is 0.415 e. The molecule has 1 aliphatic heterocycles. The summed E-state index contributed by atoms with van der Waals surface area (Å²) in [5.74, 6) is 0.290. The molecule has 1 aliphatic rings. The third-order valence-electron chi connectivity index (χ3n) is 6.65. The second-order valence-corrected chi connectivity index (χ2v) is 9.20. The smallest absolute Gasteiger partial charge is 0.415 e. The number of hydrogen-bond donors (Lipinski definition) is 1. The molecule has 1 amide bonds. The molecule has 1 N–H and O–H groups in total. The first-order chi connectivity index (χ1) is 18.5. The number of hydrogen-bond acceptors (Lipinski definition) is 6. The SMILES string of the molecule is Cc1oc(-c2ccccc2)nc1CCOc1cccc([C@@H]2CN(C(=O)Oc3ccccc3)C[C@@H]2C(=O)O)c1. The first-order valence-corrected chi connectivity index (χ1v) is 12.5. The van der Waals surface area contributed by atoms with Gasteiger partial charge < -0.3 is 23.9 Å². The topological polar surface area (TPSA) is 102 Å². The largest absolute Gasteiger partial charge is 0.493 e. The number of oxazole rings is 1. The molecule has 1 aromatic heterocycles. The number of carbonyl (C=O) groups excluding carboxylic acids is 1. The van der Waals surface area contributed by atoms with Crippen LogP contribution in [0.25, 0.3) is 11.5 Å². The van der Waals surface area contributed by atoms with Gasteiger partial charge in [-0.25, -0.2) is 9.78 Å². The average Bonchev–Trinajstić information content (AvgIpc) is 3.55. The molecular formula is C30H28N2O6. The van der Waals surface area contributed by atoms with Crippen LogP contribution in [0.4, 0.5) is 4.79 Å². The number of benzene rings is 3. The molecule has 194 valence electrons. The van der Waals surface area contributed by atoms with Crippen molar-refractivity contribution in [1.82, 2.24) is 9.88 Å². The first kappa shape index (κ1) is 25.1. The van der Waals surface area contributed by atoms with Gasteiger partial charge in [0.2, 0.25) is 5.89 Å². The van der Waals surface area contributed by atoms with Crippen LogP contribution in [0.1, 0.15) is 22.9 Å². The van der Waals surface area contributed by atoms with Crippen molar-refractivity contribution in [3.05, 3.63) is 102 Å². The predicted molar refractivity (Wildman–Crippen MR) is 140 cm³/mol. The van der Waals surface area contributed by atoms with Gasteiger partial charge in [-0.05, 0) is 48.9 Å². The van der Waals surface area contributed by atoms with E-state index >= 15 is 0 Å². The number of carboxylic acid groups (broad SMARTS) is 1. The molecule has 1 fully saturated rings. The van der Waals surface area contributed by atoms with Crippen molar-refractivity contribution in [3.8, 4) is 23.0 Å². The highest BCUT2D eigenvalue weighted by atomic mass is 16.6. The summed E-state index contributed by atoms with van der Waals surface area (Å²) >= 11 is 0. The summed E-state index contributed by atoms with van der Waals surface area (Å²) in [5, 5.41) is 9.86. The van der Waals surface area contributed by atoms with Crippen LogP contribution in [0.2, 0.25) is 0 Å². The van der Waals surface area contributed by atoms with Gasteiger partial charge in [0.25, 0.3) is 0 Å². The number of para-hydroxylation sites is 1. The first-order valence-electron chi connectivity index (χ1n) is 12.5. The van der Waals surface area contributed by atoms with E-state index < -0.39 is 18.0 Å². The molecule has 38 heavy (non-hydrogen) atoms. The number of ether oxygens (including phenoxy) is 2. The normalized spacial score (nSPS) is 16.8. The summed E-state index contributed by atoms with van der Waals surface area (Å²) in [6.07, 6.45) is 0.00219. The Kier molecular flexibility index (Phi) is 7.40. The number of likely N-dealkylation sites (tertiary alicyclic amines) is 1. The minimum atomic E-state index is -0.952. The number of aromatic nitrogens is 1. The van der Waals surface area contributed by atoms with E-state index in [0.717, 1.165) is 22.6 Å². The molecule has 0 bridgehead atoms. The van der Waals surface area contributed by atoms with Crippen molar-refractivity contribution in [1.29, 1.82) is 0 Å². The number of carboxylic acids is 1. The fourth-order valence-electron chi connectivity index (χ4n) is 4.66. The number of carbonyl (C=O) groups is 2. The molecule has 0 aliphatic carbocycles. The van der Waals surface area contributed by atoms with Crippen LogP contribution >= 0.6 is 0 Å². The molecule has 8 heteroatoms. The molecule has 3 aromatic carbocycles. The molecule has 0 spiro atoms. The van der Waals surface area contributed by atoms with Gasteiger partial charge in [-0.15, -0.1) is 0 Å². The van der Waals surface area contributed by atoms with Crippen LogP contribution in [0.5, 0.6) is 11.5 Å². The molecule has 5 rings (SSSR count). The highest BCUT2D eigenvalue weighted by molar-refractivity contribution is 5.76. The number of amides is 1. The third-order valence-corrected chi connectivity index (χ3v) is 6.65. The Balaban J connectivity index is 1.23. The number of rotatable bonds is 8. The minimum Gasteiger partial charge on any atom is -0.493 e. The van der Waals surface area contributed by atoms with Gasteiger partial charge in [0.1, 0.15) is 17.3 Å². The summed E-state index contributed by atoms with van der Waals surface area (Å²) in [4.78, 5) is 30.8. The number of aryl methyl sites for hydroxylation is 1. The Labute approximate surface area is 220 Å². The van der Waals surface area contributed by atoms with Crippen molar-refractivity contribution in [3.63, 3.8) is 0 Å². The van der Waals surface area contributed by atoms with E-state index in [1.165, 1.54) is 4.90 Å². The highest BCUT2D eigenvalue weighted by Crippen LogP contribution is 2.35. The Hall–Kier alpha value is -4.59. The van der Waals surface area contributed by atoms with E-state index in [1.807, 2.05) is 67.6 Å². The lowest BCUT2D eigenvalue weighted by molar-refractivity contribution is -0.141. The molecule has 2 heterocycles. The fourth-order valence-corrected chi connectivity index (χ4v) is 4.66. The Morgan fingerprint density at radius 2 is 1.68 bits per heavy atom. The van der Waals surface area contributed by atoms with Gasteiger partial charge in [-0.1, -0.05) is 48.5 Å². The zero-order chi connectivity index (χ0) is 26.5. The molecule has 4 aromatic rings. The van der Waals surface area contributed by atoms with Crippen LogP contribution in [0.3, 0.4) is 0 Å². The average molecular weight is 513 g/mol. The Morgan fingerprint density at radius 1 is 0.974 bits per heavy atom. The van der Waals surface area contributed by atoms with E-state index in [4.69, 9.17) is 13.9 Å². The Bertz CT molecular complexity index is 1400. The zero-order valence-electron chi connectivity index (χ0n) is 20.9. The van der Waals surface area contributed by atoms with E-state index in [9.17, 15) is 14.7 Å². The summed E-state index contributed by atoms with van der Waals surface area (Å²) in [6.45, 7) is 2.59. The van der Waals surface area contributed by atoms with Crippen molar-refractivity contribution >= 4 is 12.1 Å². The number of nitrogens with zero attached hydrogens (tertiary/aromatic N) is 2. The van der Waals surface area contributed by atoms with Crippen LogP contribution < -0.4 is 9.47 Å². The van der Waals surface area contributed by atoms with Gasteiger partial charge in [-0.2, -0.15) is 0 Å². The minimum absolute atomic E-state index is 0.0753. The molecule has 0 saturated carbocycles. The summed E-state index contributed by atoms with van der Waals surface area (Å²) in [6, 6.07) is 25.8. The maximum absolute atomic E-state index is 12.7. The van der Waals surface area contributed by atoms with E-state index in [-0.39, 0.29) is 19.0 Å². The molecular weight excluding hydrogens is 484 g/mol. The van der Waals surface area contributed by atoms with Crippen molar-refractivity contribution in [2.24, 2.45) is 5.92 Å². The monoisotopic (exact) mass is 512 g/mol. The summed E-state index contributed by atoms with van der Waals surface area (Å²) in [5.41, 5.74) is 2.55. The van der Waals surface area contributed by atoms with Crippen LogP contribution in [-0.4, -0.2) is 46.7 Å². The zero-order valence-corrected chi connectivity index (χ0v) is 20.9. The predicted octanol–water partition coefficient (Wildman–Crippen LogP) is 5.57. The molecule has 1 saturated heterocycles. The van der Waals surface area contributed by atoms with Crippen LogP contribution in [0, 0.1) is 12.8 Å². The lowest BCUT2D eigenvalue weighted by Gasteiger charge is -2.17. The number of aliphatic carboxylic acids is 1. The highest BCUT2D eigenvalue weighted by Gasteiger charge is 2.41. The maximum atomic E-state index is 12.7. The van der Waals surface area contributed by atoms with Crippen molar-refractivity contribution in [2.45, 2.75) is 19.3 Å². The quantitative estimate of drug-likeness (QED) is 0.329.